The van der Waals surface area contributed by atoms with E-state index in [1.807, 2.05) is 0 Å². The van der Waals surface area contributed by atoms with Crippen LogP contribution in [0.3, 0.4) is 0 Å². The number of anilines is 1. The fourth-order valence-electron chi connectivity index (χ4n) is 2.44. The maximum Gasteiger partial charge on any atom is 0.254 e. The number of nitrogen functional groups attached to an aromatic ring is 1. The van der Waals surface area contributed by atoms with E-state index in [1.54, 1.807) is 11.8 Å². The Morgan fingerprint density at radius 1 is 1.29 bits per heavy atom. The Balaban J connectivity index is 2.01. The van der Waals surface area contributed by atoms with Crippen molar-refractivity contribution in [3.05, 3.63) is 29.6 Å². The van der Waals surface area contributed by atoms with Crippen LogP contribution in [-0.4, -0.2) is 35.8 Å². The summed E-state index contributed by atoms with van der Waals surface area (Å²) in [5.41, 5.74) is 5.71. The molecule has 5 nitrogen and oxygen atoms in total. The quantitative estimate of drug-likeness (QED) is 0.830. The van der Waals surface area contributed by atoms with Gasteiger partial charge in [-0.25, -0.2) is 4.39 Å². The lowest BCUT2D eigenvalue weighted by molar-refractivity contribution is -0.133. The van der Waals surface area contributed by atoms with Crippen molar-refractivity contribution in [2.45, 2.75) is 32.2 Å². The molecule has 0 aromatic heterocycles. The lowest BCUT2D eigenvalue weighted by atomic mass is 10.1. The van der Waals surface area contributed by atoms with Gasteiger partial charge in [0, 0.05) is 18.8 Å². The van der Waals surface area contributed by atoms with Gasteiger partial charge in [-0.2, -0.15) is 0 Å². The standard InChI is InChI=1S/C15H20FN3O2/c1-10(15(21)19-7-3-2-4-8-19)18-14(20)12-9-11(17)5-6-13(12)16/h5-6,9-10H,2-4,7-8,17H2,1H3,(H,18,20). The van der Waals surface area contributed by atoms with Gasteiger partial charge in [-0.05, 0) is 44.4 Å². The number of benzene rings is 1. The summed E-state index contributed by atoms with van der Waals surface area (Å²) >= 11 is 0. The van der Waals surface area contributed by atoms with Crippen LogP contribution >= 0.6 is 0 Å². The lowest BCUT2D eigenvalue weighted by Crippen LogP contribution is -2.48. The first-order chi connectivity index (χ1) is 9.99. The second-order valence-electron chi connectivity index (χ2n) is 5.32. The molecular weight excluding hydrogens is 273 g/mol. The van der Waals surface area contributed by atoms with E-state index in [1.165, 1.54) is 12.1 Å². The molecule has 114 valence electrons. The summed E-state index contributed by atoms with van der Waals surface area (Å²) in [6.45, 7) is 3.04. The van der Waals surface area contributed by atoms with Crippen molar-refractivity contribution in [3.8, 4) is 0 Å². The van der Waals surface area contributed by atoms with Crippen molar-refractivity contribution in [3.63, 3.8) is 0 Å². The first kappa shape index (κ1) is 15.3. The van der Waals surface area contributed by atoms with Gasteiger partial charge in [-0.15, -0.1) is 0 Å². The fraction of sp³-hybridized carbons (Fsp3) is 0.467. The summed E-state index contributed by atoms with van der Waals surface area (Å²) in [4.78, 5) is 26.0. The van der Waals surface area contributed by atoms with Gasteiger partial charge in [0.15, 0.2) is 0 Å². The van der Waals surface area contributed by atoms with Crippen LogP contribution in [0.5, 0.6) is 0 Å². The Bertz CT molecular complexity index is 542. The Kier molecular flexibility index (Phi) is 4.77. The number of likely N-dealkylation sites (tertiary alicyclic amines) is 1. The largest absolute Gasteiger partial charge is 0.399 e. The number of amides is 2. The molecule has 6 heteroatoms. The van der Waals surface area contributed by atoms with Crippen molar-refractivity contribution in [2.75, 3.05) is 18.8 Å². The van der Waals surface area contributed by atoms with Crippen molar-refractivity contribution in [1.82, 2.24) is 10.2 Å². The number of hydrogen-bond acceptors (Lipinski definition) is 3. The molecule has 0 bridgehead atoms. The Morgan fingerprint density at radius 3 is 2.62 bits per heavy atom. The SMILES string of the molecule is CC(NC(=O)c1cc(N)ccc1F)C(=O)N1CCCCC1. The number of nitrogens with zero attached hydrogens (tertiary/aromatic N) is 1. The third-order valence-corrected chi connectivity index (χ3v) is 3.62. The highest BCUT2D eigenvalue weighted by atomic mass is 19.1. The second-order valence-corrected chi connectivity index (χ2v) is 5.32. The summed E-state index contributed by atoms with van der Waals surface area (Å²) < 4.78 is 13.6. The molecule has 0 saturated carbocycles. The smallest absolute Gasteiger partial charge is 0.254 e. The lowest BCUT2D eigenvalue weighted by Gasteiger charge is -2.29. The van der Waals surface area contributed by atoms with Gasteiger partial charge in [0.2, 0.25) is 5.91 Å². The van der Waals surface area contributed by atoms with E-state index in [4.69, 9.17) is 5.73 Å². The predicted octanol–water partition coefficient (Wildman–Crippen LogP) is 1.54. The number of carbonyl (C=O) groups excluding carboxylic acids is 2. The first-order valence-electron chi connectivity index (χ1n) is 7.13. The number of hydrogen-bond donors (Lipinski definition) is 2. The summed E-state index contributed by atoms with van der Waals surface area (Å²) in [6, 6.07) is 3.11. The third-order valence-electron chi connectivity index (χ3n) is 3.62. The molecule has 3 N–H and O–H groups in total. The molecule has 1 heterocycles. The van der Waals surface area contributed by atoms with E-state index in [0.29, 0.717) is 18.8 Å². The zero-order chi connectivity index (χ0) is 15.4. The van der Waals surface area contributed by atoms with Crippen molar-refractivity contribution >= 4 is 17.5 Å². The van der Waals surface area contributed by atoms with Crippen molar-refractivity contribution in [2.24, 2.45) is 0 Å². The van der Waals surface area contributed by atoms with Crippen molar-refractivity contribution in [1.29, 1.82) is 0 Å². The minimum absolute atomic E-state index is 0.132. The molecule has 1 atom stereocenters. The highest BCUT2D eigenvalue weighted by molar-refractivity contribution is 5.98. The number of piperidine rings is 1. The molecule has 2 amide bonds. The van der Waals surface area contributed by atoms with Crippen LogP contribution in [0.1, 0.15) is 36.5 Å². The van der Waals surface area contributed by atoms with E-state index in [-0.39, 0.29) is 11.5 Å². The Labute approximate surface area is 123 Å². The summed E-state index contributed by atoms with van der Waals surface area (Å²) in [5, 5.41) is 2.54. The van der Waals surface area contributed by atoms with Gasteiger partial charge in [0.25, 0.3) is 5.91 Å². The van der Waals surface area contributed by atoms with Gasteiger partial charge in [-0.3, -0.25) is 9.59 Å². The van der Waals surface area contributed by atoms with Gasteiger partial charge < -0.3 is 16.0 Å². The average molecular weight is 293 g/mol. The molecule has 2 rings (SSSR count). The normalized spacial score (nSPS) is 16.4. The maximum absolute atomic E-state index is 13.6. The zero-order valence-electron chi connectivity index (χ0n) is 12.1. The summed E-state index contributed by atoms with van der Waals surface area (Å²) in [6.07, 6.45) is 3.09. The molecular formula is C15H20FN3O2. The number of carbonyl (C=O) groups is 2. The van der Waals surface area contributed by atoms with Crippen LogP contribution in [0.15, 0.2) is 18.2 Å². The van der Waals surface area contributed by atoms with Crippen LogP contribution < -0.4 is 11.1 Å². The maximum atomic E-state index is 13.6. The highest BCUT2D eigenvalue weighted by Gasteiger charge is 2.24. The van der Waals surface area contributed by atoms with Gasteiger partial charge in [0.05, 0.1) is 5.56 Å². The predicted molar refractivity (Wildman–Crippen MR) is 78.2 cm³/mol. The molecule has 1 fully saturated rings. The van der Waals surface area contributed by atoms with E-state index >= 15 is 0 Å². The molecule has 1 unspecified atom stereocenters. The van der Waals surface area contributed by atoms with Crippen LogP contribution in [-0.2, 0) is 4.79 Å². The second kappa shape index (κ2) is 6.56. The van der Waals surface area contributed by atoms with E-state index in [9.17, 15) is 14.0 Å². The van der Waals surface area contributed by atoms with E-state index in [0.717, 1.165) is 25.3 Å². The molecule has 0 radical (unpaired) electrons. The van der Waals surface area contributed by atoms with Crippen LogP contribution in [0.4, 0.5) is 10.1 Å². The third kappa shape index (κ3) is 3.71. The minimum Gasteiger partial charge on any atom is -0.399 e. The monoisotopic (exact) mass is 293 g/mol. The Morgan fingerprint density at radius 2 is 1.95 bits per heavy atom. The molecule has 1 aromatic rings. The number of nitrogens with one attached hydrogen (secondary N) is 1. The zero-order valence-corrected chi connectivity index (χ0v) is 12.1. The van der Waals surface area contributed by atoms with Crippen LogP contribution in [0.2, 0.25) is 0 Å². The molecule has 0 spiro atoms. The molecule has 1 saturated heterocycles. The number of rotatable bonds is 3. The Hall–Kier alpha value is -2.11. The van der Waals surface area contributed by atoms with Crippen LogP contribution in [0, 0.1) is 5.82 Å². The topological polar surface area (TPSA) is 75.4 Å². The van der Waals surface area contributed by atoms with Gasteiger partial charge in [-0.1, -0.05) is 0 Å². The molecule has 1 aliphatic heterocycles. The molecule has 1 aliphatic rings. The van der Waals surface area contributed by atoms with E-state index in [2.05, 4.69) is 5.32 Å². The molecule has 21 heavy (non-hydrogen) atoms. The summed E-state index contributed by atoms with van der Waals surface area (Å²) in [5.74, 6) is -1.41. The van der Waals surface area contributed by atoms with Gasteiger partial charge in [0.1, 0.15) is 11.9 Å². The van der Waals surface area contributed by atoms with E-state index < -0.39 is 17.8 Å². The summed E-state index contributed by atoms with van der Waals surface area (Å²) in [7, 11) is 0. The minimum atomic E-state index is -0.684. The molecule has 1 aromatic carbocycles. The fourth-order valence-corrected chi connectivity index (χ4v) is 2.44. The highest BCUT2D eigenvalue weighted by Crippen LogP contribution is 2.13. The van der Waals surface area contributed by atoms with Gasteiger partial charge >= 0.3 is 0 Å². The first-order valence-corrected chi connectivity index (χ1v) is 7.13. The van der Waals surface area contributed by atoms with Crippen molar-refractivity contribution < 1.29 is 14.0 Å². The molecule has 0 aliphatic carbocycles. The number of nitrogens with two attached hydrogens (primary N) is 1. The average Bonchev–Trinajstić information content (AvgIpc) is 2.49. The van der Waals surface area contributed by atoms with Crippen LogP contribution in [0.25, 0.3) is 0 Å². The number of halogens is 1.